The minimum absolute atomic E-state index is 0.0681. The number of hydrogen-bond acceptors (Lipinski definition) is 7. The van der Waals surface area contributed by atoms with Gasteiger partial charge in [0.15, 0.2) is 11.0 Å². The quantitative estimate of drug-likeness (QED) is 0.531. The molecule has 11 heteroatoms. The maximum Gasteiger partial charge on any atom is 0.410 e. The van der Waals surface area contributed by atoms with Gasteiger partial charge in [0.05, 0.1) is 7.11 Å². The number of aromatic nitrogens is 3. The van der Waals surface area contributed by atoms with E-state index >= 15 is 0 Å². The molecule has 8 nitrogen and oxygen atoms in total. The predicted octanol–water partition coefficient (Wildman–Crippen LogP) is 3.54. The van der Waals surface area contributed by atoms with Crippen molar-refractivity contribution in [3.05, 3.63) is 16.3 Å². The van der Waals surface area contributed by atoms with E-state index in [4.69, 9.17) is 32.7 Å². The molecule has 1 amide bonds. The molecule has 0 unspecified atom stereocenters. The number of anilines is 1. The zero-order chi connectivity index (χ0) is 20.6. The molecule has 0 aromatic carbocycles. The summed E-state index contributed by atoms with van der Waals surface area (Å²) < 4.78 is 25.1. The molecule has 152 valence electrons. The van der Waals surface area contributed by atoms with E-state index in [1.54, 1.807) is 4.90 Å². The molecule has 1 fully saturated rings. The average Bonchev–Trinajstić information content (AvgIpc) is 2.63. The minimum Gasteiger partial charge on any atom is -0.480 e. The number of pyridine rings is 1. The Kier molecular flexibility index (Phi) is 5.67. The average molecular weight is 432 g/mol. The fraction of sp³-hybridized carbons (Fsp3) is 0.529. The SMILES string of the molecule is COc1nc(Cl)c(F)c2nc(Cl)nc(N3CCN(C(=O)OC(C)(C)C)CC3)c12. The van der Waals surface area contributed by atoms with Crippen LogP contribution in [0.3, 0.4) is 0 Å². The normalized spacial score (nSPS) is 15.1. The maximum atomic E-state index is 14.5. The lowest BCUT2D eigenvalue weighted by atomic mass is 10.2. The molecule has 0 atom stereocenters. The first kappa shape index (κ1) is 20.6. The smallest absolute Gasteiger partial charge is 0.410 e. The van der Waals surface area contributed by atoms with Crippen LogP contribution in [0.5, 0.6) is 5.88 Å². The molecule has 0 aliphatic carbocycles. The van der Waals surface area contributed by atoms with Gasteiger partial charge in [-0.25, -0.2) is 14.2 Å². The molecule has 0 spiro atoms. The summed E-state index contributed by atoms with van der Waals surface area (Å²) in [6.07, 6.45) is -0.380. The van der Waals surface area contributed by atoms with Gasteiger partial charge >= 0.3 is 6.09 Å². The first-order valence-corrected chi connectivity index (χ1v) is 9.35. The third-order valence-corrected chi connectivity index (χ3v) is 4.51. The molecule has 28 heavy (non-hydrogen) atoms. The molecule has 0 bridgehead atoms. The Balaban J connectivity index is 1.91. The van der Waals surface area contributed by atoms with E-state index in [0.717, 1.165) is 0 Å². The van der Waals surface area contributed by atoms with Crippen LogP contribution in [-0.4, -0.2) is 64.8 Å². The Bertz CT molecular complexity index is 914. The van der Waals surface area contributed by atoms with Crippen molar-refractivity contribution >= 4 is 46.0 Å². The Morgan fingerprint density at radius 3 is 2.32 bits per heavy atom. The van der Waals surface area contributed by atoms with Crippen molar-refractivity contribution in [2.45, 2.75) is 26.4 Å². The summed E-state index contributed by atoms with van der Waals surface area (Å²) in [7, 11) is 1.40. The molecule has 2 aromatic heterocycles. The third-order valence-electron chi connectivity index (χ3n) is 4.09. The fourth-order valence-electron chi connectivity index (χ4n) is 2.87. The summed E-state index contributed by atoms with van der Waals surface area (Å²) in [6, 6.07) is 0. The largest absolute Gasteiger partial charge is 0.480 e. The second kappa shape index (κ2) is 7.71. The number of nitrogens with zero attached hydrogens (tertiary/aromatic N) is 5. The van der Waals surface area contributed by atoms with Crippen LogP contribution in [0.15, 0.2) is 0 Å². The Morgan fingerprint density at radius 1 is 1.11 bits per heavy atom. The lowest BCUT2D eigenvalue weighted by Gasteiger charge is -2.36. The van der Waals surface area contributed by atoms with Gasteiger partial charge in [0.1, 0.15) is 22.3 Å². The van der Waals surface area contributed by atoms with Crippen LogP contribution >= 0.6 is 23.2 Å². The van der Waals surface area contributed by atoms with Gasteiger partial charge < -0.3 is 19.3 Å². The molecule has 0 saturated carbocycles. The van der Waals surface area contributed by atoms with E-state index in [1.165, 1.54) is 7.11 Å². The van der Waals surface area contributed by atoms with Gasteiger partial charge in [-0.15, -0.1) is 0 Å². The Morgan fingerprint density at radius 2 is 1.75 bits per heavy atom. The van der Waals surface area contributed by atoms with Crippen molar-refractivity contribution in [2.75, 3.05) is 38.2 Å². The molecule has 1 aliphatic heterocycles. The Labute approximate surface area is 171 Å². The minimum atomic E-state index is -0.796. The van der Waals surface area contributed by atoms with Crippen LogP contribution in [0, 0.1) is 5.82 Å². The van der Waals surface area contributed by atoms with Crippen LogP contribution in [0.2, 0.25) is 10.4 Å². The van der Waals surface area contributed by atoms with Crippen molar-refractivity contribution in [1.29, 1.82) is 0 Å². The number of ether oxygens (including phenoxy) is 2. The van der Waals surface area contributed by atoms with Crippen molar-refractivity contribution < 1.29 is 18.7 Å². The first-order valence-electron chi connectivity index (χ1n) is 8.60. The second-order valence-corrected chi connectivity index (χ2v) is 7.92. The summed E-state index contributed by atoms with van der Waals surface area (Å²) in [5.74, 6) is -0.322. The lowest BCUT2D eigenvalue weighted by molar-refractivity contribution is 0.0240. The van der Waals surface area contributed by atoms with Crippen molar-refractivity contribution in [2.24, 2.45) is 0 Å². The monoisotopic (exact) mass is 431 g/mol. The highest BCUT2D eigenvalue weighted by Gasteiger charge is 2.29. The highest BCUT2D eigenvalue weighted by atomic mass is 35.5. The summed E-state index contributed by atoms with van der Waals surface area (Å²) in [4.78, 5) is 27.8. The van der Waals surface area contributed by atoms with Gasteiger partial charge in [0, 0.05) is 26.2 Å². The number of piperazine rings is 1. The van der Waals surface area contributed by atoms with E-state index < -0.39 is 11.4 Å². The molecule has 0 radical (unpaired) electrons. The van der Waals surface area contributed by atoms with Crippen molar-refractivity contribution in [1.82, 2.24) is 19.9 Å². The Hall–Kier alpha value is -2.13. The zero-order valence-corrected chi connectivity index (χ0v) is 17.4. The van der Waals surface area contributed by atoms with Gasteiger partial charge in [0.25, 0.3) is 0 Å². The van der Waals surface area contributed by atoms with Gasteiger partial charge in [-0.2, -0.15) is 9.97 Å². The summed E-state index contributed by atoms with van der Waals surface area (Å²) >= 11 is 11.8. The number of fused-ring (bicyclic) bond motifs is 1. The molecular weight excluding hydrogens is 412 g/mol. The molecule has 1 aliphatic rings. The maximum absolute atomic E-state index is 14.5. The topological polar surface area (TPSA) is 80.7 Å². The molecule has 0 N–H and O–H groups in total. The standard InChI is InChI=1S/C17H20Cl2FN5O3/c1-17(2,3)28-16(26)25-7-5-24(6-8-25)13-9-11(21-15(19)23-13)10(20)12(18)22-14(9)27-4/h5-8H2,1-4H3. The van der Waals surface area contributed by atoms with Gasteiger partial charge in [-0.1, -0.05) is 11.6 Å². The van der Waals surface area contributed by atoms with Crippen LogP contribution in [0.1, 0.15) is 20.8 Å². The number of hydrogen-bond donors (Lipinski definition) is 0. The van der Waals surface area contributed by atoms with Gasteiger partial charge in [-0.05, 0) is 32.4 Å². The van der Waals surface area contributed by atoms with E-state index in [2.05, 4.69) is 15.0 Å². The highest BCUT2D eigenvalue weighted by Crippen LogP contribution is 2.36. The molecule has 1 saturated heterocycles. The van der Waals surface area contributed by atoms with Crippen LogP contribution < -0.4 is 9.64 Å². The van der Waals surface area contributed by atoms with E-state index in [9.17, 15) is 9.18 Å². The van der Waals surface area contributed by atoms with E-state index in [-0.39, 0.29) is 33.3 Å². The van der Waals surface area contributed by atoms with E-state index in [0.29, 0.717) is 32.0 Å². The van der Waals surface area contributed by atoms with Crippen LogP contribution in [0.25, 0.3) is 10.9 Å². The number of methoxy groups -OCH3 is 1. The first-order chi connectivity index (χ1) is 13.1. The van der Waals surface area contributed by atoms with Crippen LogP contribution in [0.4, 0.5) is 15.0 Å². The molecule has 2 aromatic rings. The summed E-state index contributed by atoms with van der Waals surface area (Å²) in [5, 5.41) is -0.209. The second-order valence-electron chi connectivity index (χ2n) is 7.22. The summed E-state index contributed by atoms with van der Waals surface area (Å²) in [5.41, 5.74) is -0.637. The molecule has 3 heterocycles. The lowest BCUT2D eigenvalue weighted by Crippen LogP contribution is -2.50. The van der Waals surface area contributed by atoms with Crippen LogP contribution in [-0.2, 0) is 4.74 Å². The zero-order valence-electron chi connectivity index (χ0n) is 15.9. The highest BCUT2D eigenvalue weighted by molar-refractivity contribution is 6.31. The molecular formula is C17H20Cl2FN5O3. The number of amides is 1. The number of carbonyl (C=O) groups is 1. The number of halogens is 3. The fourth-order valence-corrected chi connectivity index (χ4v) is 3.20. The van der Waals surface area contributed by atoms with Crippen molar-refractivity contribution in [3.8, 4) is 5.88 Å². The molecule has 3 rings (SSSR count). The number of carbonyl (C=O) groups excluding carboxylic acids is 1. The van der Waals surface area contributed by atoms with Gasteiger partial charge in [-0.3, -0.25) is 0 Å². The van der Waals surface area contributed by atoms with Crippen molar-refractivity contribution in [3.63, 3.8) is 0 Å². The third kappa shape index (κ3) is 4.15. The van der Waals surface area contributed by atoms with E-state index in [1.807, 2.05) is 25.7 Å². The summed E-state index contributed by atoms with van der Waals surface area (Å²) in [6.45, 7) is 7.14. The van der Waals surface area contributed by atoms with Gasteiger partial charge in [0.2, 0.25) is 11.2 Å². The predicted molar refractivity (Wildman–Crippen MR) is 104 cm³/mol. The number of rotatable bonds is 2.